The fraction of sp³-hybridized carbons (Fsp3) is 0.200. The standard InChI is InChI=1S/C25H23N3O3S/c29-24(21-9-4-16-31-21)26-23-11-10-22(32-23)25(30)28-14-12-27(13-15-28)17-19-7-3-6-18-5-1-2-8-20(18)19/h1-11,16H,12-15,17H2,(H,26,29). The van der Waals surface area contributed by atoms with Crippen LogP contribution < -0.4 is 5.32 Å². The Kier molecular flexibility index (Phi) is 5.75. The molecule has 1 fully saturated rings. The largest absolute Gasteiger partial charge is 0.459 e. The molecule has 2 aromatic heterocycles. The molecule has 1 aliphatic rings. The zero-order valence-electron chi connectivity index (χ0n) is 17.5. The fourth-order valence-corrected chi connectivity index (χ4v) is 4.91. The highest BCUT2D eigenvalue weighted by Crippen LogP contribution is 2.25. The lowest BCUT2D eigenvalue weighted by Crippen LogP contribution is -2.48. The Bertz CT molecular complexity index is 1240. The number of furan rings is 1. The van der Waals surface area contributed by atoms with Gasteiger partial charge < -0.3 is 14.6 Å². The molecule has 0 atom stereocenters. The number of carbonyl (C=O) groups excluding carboxylic acids is 2. The number of amides is 2. The summed E-state index contributed by atoms with van der Waals surface area (Å²) < 4.78 is 5.11. The highest BCUT2D eigenvalue weighted by atomic mass is 32.1. The second kappa shape index (κ2) is 8.98. The molecule has 2 amide bonds. The summed E-state index contributed by atoms with van der Waals surface area (Å²) in [6.45, 7) is 3.93. The van der Waals surface area contributed by atoms with Gasteiger partial charge >= 0.3 is 0 Å². The monoisotopic (exact) mass is 445 g/mol. The van der Waals surface area contributed by atoms with Gasteiger partial charge in [0.05, 0.1) is 16.1 Å². The predicted molar refractivity (Wildman–Crippen MR) is 126 cm³/mol. The van der Waals surface area contributed by atoms with E-state index in [0.29, 0.717) is 23.0 Å². The smallest absolute Gasteiger partial charge is 0.291 e. The average molecular weight is 446 g/mol. The molecular formula is C25H23N3O3S. The van der Waals surface area contributed by atoms with Crippen molar-refractivity contribution in [2.75, 3.05) is 31.5 Å². The maximum Gasteiger partial charge on any atom is 0.291 e. The molecule has 32 heavy (non-hydrogen) atoms. The van der Waals surface area contributed by atoms with Gasteiger partial charge in [-0.15, -0.1) is 11.3 Å². The highest BCUT2D eigenvalue weighted by molar-refractivity contribution is 7.18. The summed E-state index contributed by atoms with van der Waals surface area (Å²) in [5.74, 6) is -0.0650. The van der Waals surface area contributed by atoms with E-state index in [-0.39, 0.29) is 17.6 Å². The SMILES string of the molecule is O=C(Nc1ccc(C(=O)N2CCN(Cc3cccc4ccccc34)CC2)s1)c1ccco1. The first kappa shape index (κ1) is 20.5. The van der Waals surface area contributed by atoms with E-state index in [1.165, 1.54) is 33.9 Å². The van der Waals surface area contributed by atoms with Crippen molar-refractivity contribution in [3.63, 3.8) is 0 Å². The second-order valence-electron chi connectivity index (χ2n) is 7.80. The third kappa shape index (κ3) is 4.30. The van der Waals surface area contributed by atoms with E-state index < -0.39 is 0 Å². The Morgan fingerprint density at radius 3 is 2.53 bits per heavy atom. The third-order valence-electron chi connectivity index (χ3n) is 5.73. The topological polar surface area (TPSA) is 65.8 Å². The maximum atomic E-state index is 13.0. The predicted octanol–water partition coefficient (Wildman–Crippen LogP) is 4.70. The van der Waals surface area contributed by atoms with Crippen molar-refractivity contribution in [2.24, 2.45) is 0 Å². The first-order chi connectivity index (χ1) is 15.7. The number of hydrogen-bond donors (Lipinski definition) is 1. The zero-order chi connectivity index (χ0) is 21.9. The van der Waals surface area contributed by atoms with E-state index >= 15 is 0 Å². The number of carbonyl (C=O) groups is 2. The minimum Gasteiger partial charge on any atom is -0.459 e. The summed E-state index contributed by atoms with van der Waals surface area (Å²) in [7, 11) is 0. The van der Waals surface area contributed by atoms with Gasteiger partial charge in [-0.3, -0.25) is 14.5 Å². The lowest BCUT2D eigenvalue weighted by molar-refractivity contribution is 0.0633. The van der Waals surface area contributed by atoms with Gasteiger partial charge in [0, 0.05) is 32.7 Å². The summed E-state index contributed by atoms with van der Waals surface area (Å²) in [6, 6.07) is 21.7. The van der Waals surface area contributed by atoms with Crippen LogP contribution in [0.3, 0.4) is 0 Å². The van der Waals surface area contributed by atoms with Crippen LogP contribution in [0.2, 0.25) is 0 Å². The lowest BCUT2D eigenvalue weighted by atomic mass is 10.0. The number of benzene rings is 2. The molecule has 0 unspecified atom stereocenters. The van der Waals surface area contributed by atoms with E-state index in [4.69, 9.17) is 4.42 Å². The second-order valence-corrected chi connectivity index (χ2v) is 8.89. The minimum atomic E-state index is -0.321. The molecule has 5 rings (SSSR count). The van der Waals surface area contributed by atoms with E-state index in [1.54, 1.807) is 24.3 Å². The Morgan fingerprint density at radius 2 is 1.72 bits per heavy atom. The van der Waals surface area contributed by atoms with Gasteiger partial charge in [-0.25, -0.2) is 0 Å². The first-order valence-corrected chi connectivity index (χ1v) is 11.4. The number of hydrogen-bond acceptors (Lipinski definition) is 5. The van der Waals surface area contributed by atoms with Crippen LogP contribution in [0.15, 0.2) is 77.4 Å². The molecule has 1 aliphatic heterocycles. The van der Waals surface area contributed by atoms with Crippen molar-refractivity contribution >= 4 is 38.9 Å². The van der Waals surface area contributed by atoms with E-state index in [2.05, 4.69) is 52.7 Å². The highest BCUT2D eigenvalue weighted by Gasteiger charge is 2.24. The van der Waals surface area contributed by atoms with Crippen molar-refractivity contribution in [3.05, 3.63) is 89.2 Å². The van der Waals surface area contributed by atoms with Gasteiger partial charge in [0.2, 0.25) is 0 Å². The number of anilines is 1. The normalized spacial score (nSPS) is 14.6. The third-order valence-corrected chi connectivity index (χ3v) is 6.72. The van der Waals surface area contributed by atoms with Gasteiger partial charge in [-0.05, 0) is 40.6 Å². The van der Waals surface area contributed by atoms with Gasteiger partial charge in [0.15, 0.2) is 5.76 Å². The molecule has 2 aromatic carbocycles. The van der Waals surface area contributed by atoms with Crippen LogP contribution in [-0.4, -0.2) is 47.8 Å². The summed E-state index contributed by atoms with van der Waals surface area (Å²) in [4.78, 5) is 30.0. The fourth-order valence-electron chi connectivity index (χ4n) is 4.04. The van der Waals surface area contributed by atoms with Crippen LogP contribution in [0, 0.1) is 0 Å². The molecule has 0 saturated carbocycles. The van der Waals surface area contributed by atoms with E-state index in [0.717, 1.165) is 19.6 Å². The van der Waals surface area contributed by atoms with Gasteiger partial charge in [-0.1, -0.05) is 42.5 Å². The minimum absolute atomic E-state index is 0.0123. The number of nitrogens with zero attached hydrogens (tertiary/aromatic N) is 2. The van der Waals surface area contributed by atoms with Crippen LogP contribution >= 0.6 is 11.3 Å². The van der Waals surface area contributed by atoms with Crippen LogP contribution in [0.25, 0.3) is 10.8 Å². The van der Waals surface area contributed by atoms with Crippen LogP contribution in [-0.2, 0) is 6.54 Å². The Hall–Kier alpha value is -3.42. The molecule has 0 bridgehead atoms. The van der Waals surface area contributed by atoms with Crippen molar-refractivity contribution in [1.82, 2.24) is 9.80 Å². The molecule has 6 nitrogen and oxygen atoms in total. The van der Waals surface area contributed by atoms with Crippen molar-refractivity contribution in [3.8, 4) is 0 Å². The van der Waals surface area contributed by atoms with Crippen LogP contribution in [0.1, 0.15) is 25.8 Å². The van der Waals surface area contributed by atoms with E-state index in [9.17, 15) is 9.59 Å². The summed E-state index contributed by atoms with van der Waals surface area (Å²) in [6.07, 6.45) is 1.46. The molecule has 1 saturated heterocycles. The Balaban J connectivity index is 1.18. The molecular weight excluding hydrogens is 422 g/mol. The summed E-state index contributed by atoms with van der Waals surface area (Å²) >= 11 is 1.29. The number of fused-ring (bicyclic) bond motifs is 1. The molecule has 4 aromatic rings. The van der Waals surface area contributed by atoms with Crippen LogP contribution in [0.4, 0.5) is 5.00 Å². The zero-order valence-corrected chi connectivity index (χ0v) is 18.3. The molecule has 162 valence electrons. The maximum absolute atomic E-state index is 13.0. The van der Waals surface area contributed by atoms with Gasteiger partial charge in [-0.2, -0.15) is 0 Å². The molecule has 7 heteroatoms. The number of piperazine rings is 1. The molecule has 0 aliphatic carbocycles. The quantitative estimate of drug-likeness (QED) is 0.483. The van der Waals surface area contributed by atoms with Gasteiger partial charge in [0.25, 0.3) is 11.8 Å². The average Bonchev–Trinajstić information content (AvgIpc) is 3.52. The summed E-state index contributed by atoms with van der Waals surface area (Å²) in [5, 5.41) is 5.95. The van der Waals surface area contributed by atoms with Crippen molar-refractivity contribution in [1.29, 1.82) is 0 Å². The number of thiophene rings is 1. The molecule has 0 spiro atoms. The molecule has 3 heterocycles. The van der Waals surface area contributed by atoms with Gasteiger partial charge in [0.1, 0.15) is 0 Å². The number of rotatable bonds is 5. The summed E-state index contributed by atoms with van der Waals surface area (Å²) in [5.41, 5.74) is 1.32. The van der Waals surface area contributed by atoms with Crippen molar-refractivity contribution < 1.29 is 14.0 Å². The van der Waals surface area contributed by atoms with Crippen molar-refractivity contribution in [2.45, 2.75) is 6.54 Å². The molecule has 1 N–H and O–H groups in total. The number of nitrogens with one attached hydrogen (secondary N) is 1. The Morgan fingerprint density at radius 1 is 0.906 bits per heavy atom. The Labute approximate surface area is 190 Å². The van der Waals surface area contributed by atoms with Crippen LogP contribution in [0.5, 0.6) is 0 Å². The molecule has 0 radical (unpaired) electrons. The lowest BCUT2D eigenvalue weighted by Gasteiger charge is -2.34. The first-order valence-electron chi connectivity index (χ1n) is 10.6. The van der Waals surface area contributed by atoms with E-state index in [1.807, 2.05) is 4.90 Å².